The van der Waals surface area contributed by atoms with Gasteiger partial charge in [-0.2, -0.15) is 0 Å². The zero-order valence-corrected chi connectivity index (χ0v) is 14.5. The van der Waals surface area contributed by atoms with Gasteiger partial charge in [0.15, 0.2) is 11.5 Å². The Kier molecular flexibility index (Phi) is 4.09. The molecule has 2 heterocycles. The van der Waals surface area contributed by atoms with Crippen LogP contribution in [0, 0.1) is 0 Å². The van der Waals surface area contributed by atoms with Crippen molar-refractivity contribution in [3.8, 4) is 27.7 Å². The molecule has 0 bridgehead atoms. The van der Waals surface area contributed by atoms with E-state index in [4.69, 9.17) is 4.42 Å². The van der Waals surface area contributed by atoms with Gasteiger partial charge in [-0.1, -0.05) is 23.5 Å². The number of aromatic nitrogens is 1. The lowest BCUT2D eigenvalue weighted by atomic mass is 10.1. The number of thiazole rings is 1. The van der Waals surface area contributed by atoms with Gasteiger partial charge in [-0.3, -0.25) is 0 Å². The molecule has 4 aromatic rings. The molecular formula is C19H12N2O5S. The van der Waals surface area contributed by atoms with Crippen LogP contribution >= 0.6 is 11.3 Å². The van der Waals surface area contributed by atoms with E-state index in [2.05, 4.69) is 9.98 Å². The molecule has 2 aromatic carbocycles. The summed E-state index contributed by atoms with van der Waals surface area (Å²) in [6.07, 6.45) is 2.77. The molecule has 4 rings (SSSR count). The monoisotopic (exact) mass is 380 g/mol. The van der Waals surface area contributed by atoms with Crippen molar-refractivity contribution < 1.29 is 19.7 Å². The highest BCUT2D eigenvalue weighted by Crippen LogP contribution is 2.35. The first-order valence-electron chi connectivity index (χ1n) is 7.80. The molecule has 0 saturated heterocycles. The van der Waals surface area contributed by atoms with Crippen LogP contribution in [-0.4, -0.2) is 26.5 Å². The van der Waals surface area contributed by atoms with Crippen LogP contribution in [-0.2, 0) is 0 Å². The summed E-state index contributed by atoms with van der Waals surface area (Å²) < 4.78 is 5.19. The minimum absolute atomic E-state index is 0.0623. The molecule has 0 spiro atoms. The number of phenolic OH excluding ortho intramolecular Hbond substituents is 2. The molecule has 0 unspecified atom stereocenters. The van der Waals surface area contributed by atoms with Crippen LogP contribution in [0.1, 0.15) is 5.56 Å². The first-order chi connectivity index (χ1) is 13.0. The van der Waals surface area contributed by atoms with Crippen molar-refractivity contribution in [2.45, 2.75) is 0 Å². The van der Waals surface area contributed by atoms with E-state index in [1.165, 1.54) is 29.7 Å². The number of para-hydroxylation sites is 1. The number of fused-ring (bicyclic) bond motifs is 1. The Bertz CT molecular complexity index is 1240. The van der Waals surface area contributed by atoms with Gasteiger partial charge in [0.05, 0.1) is 10.3 Å². The number of hydrogen-bond donors (Lipinski definition) is 3. The van der Waals surface area contributed by atoms with Gasteiger partial charge in [-0.05, 0) is 35.9 Å². The Balaban J connectivity index is 1.68. The van der Waals surface area contributed by atoms with E-state index in [1.807, 2.05) is 0 Å². The highest BCUT2D eigenvalue weighted by atomic mass is 32.1. The SMILES string of the molecule is O=c1oc2ccccc2c(O)c1C=Nc1ncc(-c2ccc(O)c(O)c2)s1. The van der Waals surface area contributed by atoms with E-state index in [9.17, 15) is 20.1 Å². The van der Waals surface area contributed by atoms with E-state index >= 15 is 0 Å². The average Bonchev–Trinajstić information content (AvgIpc) is 3.13. The molecule has 134 valence electrons. The van der Waals surface area contributed by atoms with Crippen LogP contribution in [0.15, 0.2) is 62.9 Å². The molecule has 0 saturated carbocycles. The first-order valence-corrected chi connectivity index (χ1v) is 8.61. The van der Waals surface area contributed by atoms with Crippen molar-refractivity contribution in [1.29, 1.82) is 0 Å². The number of hydrogen-bond acceptors (Lipinski definition) is 8. The maximum absolute atomic E-state index is 12.1. The predicted octanol–water partition coefficient (Wildman–Crippen LogP) is 3.78. The van der Waals surface area contributed by atoms with E-state index in [0.29, 0.717) is 26.5 Å². The normalized spacial score (nSPS) is 11.4. The smallest absolute Gasteiger partial charge is 0.348 e. The highest BCUT2D eigenvalue weighted by Gasteiger charge is 2.12. The van der Waals surface area contributed by atoms with Gasteiger partial charge in [-0.25, -0.2) is 14.8 Å². The quantitative estimate of drug-likeness (QED) is 0.283. The molecule has 0 aliphatic carbocycles. The molecule has 0 aliphatic heterocycles. The maximum Gasteiger partial charge on any atom is 0.348 e. The van der Waals surface area contributed by atoms with Crippen LogP contribution in [0.3, 0.4) is 0 Å². The summed E-state index contributed by atoms with van der Waals surface area (Å²) in [4.78, 5) is 21.1. The van der Waals surface area contributed by atoms with Crippen molar-refractivity contribution in [3.05, 3.63) is 64.6 Å². The number of benzene rings is 2. The third-order valence-electron chi connectivity index (χ3n) is 3.88. The summed E-state index contributed by atoms with van der Waals surface area (Å²) >= 11 is 1.22. The predicted molar refractivity (Wildman–Crippen MR) is 102 cm³/mol. The second-order valence-electron chi connectivity index (χ2n) is 5.62. The Morgan fingerprint density at radius 1 is 1.07 bits per heavy atom. The van der Waals surface area contributed by atoms with Crippen molar-refractivity contribution in [2.75, 3.05) is 0 Å². The van der Waals surface area contributed by atoms with Crippen molar-refractivity contribution in [2.24, 2.45) is 4.99 Å². The van der Waals surface area contributed by atoms with Gasteiger partial charge in [0.25, 0.3) is 0 Å². The minimum atomic E-state index is -0.699. The fourth-order valence-corrected chi connectivity index (χ4v) is 3.27. The first kappa shape index (κ1) is 16.8. The molecule has 0 atom stereocenters. The van der Waals surface area contributed by atoms with E-state index < -0.39 is 5.63 Å². The number of phenols is 2. The maximum atomic E-state index is 12.1. The lowest BCUT2D eigenvalue weighted by Gasteiger charge is -2.01. The fraction of sp³-hybridized carbons (Fsp3) is 0. The lowest BCUT2D eigenvalue weighted by molar-refractivity contribution is 0.404. The summed E-state index contributed by atoms with van der Waals surface area (Å²) in [6, 6.07) is 11.1. The Labute approximate surface area is 156 Å². The molecule has 8 heteroatoms. The minimum Gasteiger partial charge on any atom is -0.506 e. The van der Waals surface area contributed by atoms with Crippen LogP contribution in [0.25, 0.3) is 21.4 Å². The molecule has 0 amide bonds. The molecule has 2 aromatic heterocycles. The van der Waals surface area contributed by atoms with Crippen LogP contribution in [0.5, 0.6) is 17.2 Å². The number of aliphatic imine (C=N–C) groups is 1. The lowest BCUT2D eigenvalue weighted by Crippen LogP contribution is -2.06. The standard InChI is InChI=1S/C19H12N2O5S/c22-13-6-5-10(7-14(13)23)16-9-21-19(27-16)20-8-12-17(24)11-3-1-2-4-15(11)26-18(12)25/h1-9,22-24H. The number of nitrogens with zero attached hydrogens (tertiary/aromatic N) is 2. The molecular weight excluding hydrogens is 368 g/mol. The van der Waals surface area contributed by atoms with E-state index in [0.717, 1.165) is 0 Å². The molecule has 3 N–H and O–H groups in total. The van der Waals surface area contributed by atoms with Crippen molar-refractivity contribution in [1.82, 2.24) is 4.98 Å². The second-order valence-corrected chi connectivity index (χ2v) is 6.63. The van der Waals surface area contributed by atoms with Gasteiger partial charge in [0, 0.05) is 12.4 Å². The Morgan fingerprint density at radius 2 is 1.89 bits per heavy atom. The third-order valence-corrected chi connectivity index (χ3v) is 4.83. The zero-order chi connectivity index (χ0) is 19.0. The largest absolute Gasteiger partial charge is 0.506 e. The van der Waals surface area contributed by atoms with Crippen LogP contribution in [0.4, 0.5) is 5.13 Å². The molecule has 0 aliphatic rings. The average molecular weight is 380 g/mol. The van der Waals surface area contributed by atoms with Crippen LogP contribution < -0.4 is 5.63 Å². The summed E-state index contributed by atoms with van der Waals surface area (Å²) in [5.41, 5.74) is 0.195. The zero-order valence-electron chi connectivity index (χ0n) is 13.7. The Hall–Kier alpha value is -3.65. The molecule has 27 heavy (non-hydrogen) atoms. The number of aromatic hydroxyl groups is 3. The summed E-state index contributed by atoms with van der Waals surface area (Å²) in [7, 11) is 0. The van der Waals surface area contributed by atoms with E-state index in [-0.39, 0.29) is 22.8 Å². The van der Waals surface area contributed by atoms with Gasteiger partial charge < -0.3 is 19.7 Å². The summed E-state index contributed by atoms with van der Waals surface area (Å²) in [5.74, 6) is -0.643. The second kappa shape index (κ2) is 6.58. The van der Waals surface area contributed by atoms with Gasteiger partial charge in [-0.15, -0.1) is 0 Å². The molecule has 0 fully saturated rings. The van der Waals surface area contributed by atoms with Gasteiger partial charge in [0.1, 0.15) is 16.9 Å². The third kappa shape index (κ3) is 3.13. The molecule has 7 nitrogen and oxygen atoms in total. The van der Waals surface area contributed by atoms with E-state index in [1.54, 1.807) is 36.5 Å². The Morgan fingerprint density at radius 3 is 2.70 bits per heavy atom. The molecule has 0 radical (unpaired) electrons. The van der Waals surface area contributed by atoms with Gasteiger partial charge in [0.2, 0.25) is 5.13 Å². The van der Waals surface area contributed by atoms with Crippen LogP contribution in [0.2, 0.25) is 0 Å². The summed E-state index contributed by atoms with van der Waals surface area (Å²) in [5, 5.41) is 30.1. The fourth-order valence-electron chi connectivity index (χ4n) is 2.52. The van der Waals surface area contributed by atoms with Gasteiger partial charge >= 0.3 is 5.63 Å². The van der Waals surface area contributed by atoms with Crippen molar-refractivity contribution >= 4 is 33.7 Å². The topological polar surface area (TPSA) is 116 Å². The van der Waals surface area contributed by atoms with Crippen molar-refractivity contribution in [3.63, 3.8) is 0 Å². The summed E-state index contributed by atoms with van der Waals surface area (Å²) in [6.45, 7) is 0. The highest BCUT2D eigenvalue weighted by molar-refractivity contribution is 7.18. The number of rotatable bonds is 3.